The van der Waals surface area contributed by atoms with Crippen LogP contribution in [0.2, 0.25) is 5.28 Å². The highest BCUT2D eigenvalue weighted by atomic mass is 35.5. The first kappa shape index (κ1) is 18.3. The van der Waals surface area contributed by atoms with Crippen molar-refractivity contribution in [2.24, 2.45) is 0 Å². The molecule has 0 amide bonds. The zero-order valence-electron chi connectivity index (χ0n) is 12.5. The second kappa shape index (κ2) is 7.26. The predicted octanol–water partition coefficient (Wildman–Crippen LogP) is 1.52. The summed E-state index contributed by atoms with van der Waals surface area (Å²) >= 11 is 5.71. The SMILES string of the molecule is Cc1ccc(S(=O)(=O)OCC(O)Cn2cc([N+](=O)[O-])nc2Cl)cc1. The fourth-order valence-corrected chi connectivity index (χ4v) is 2.96. The number of rotatable bonds is 7. The van der Waals surface area contributed by atoms with Gasteiger partial charge in [0.2, 0.25) is 0 Å². The number of nitro groups is 1. The first-order valence-electron chi connectivity index (χ1n) is 6.70. The van der Waals surface area contributed by atoms with Gasteiger partial charge in [-0.2, -0.15) is 8.42 Å². The summed E-state index contributed by atoms with van der Waals surface area (Å²) in [7, 11) is -4.01. The molecule has 1 aromatic heterocycles. The van der Waals surface area contributed by atoms with Crippen LogP contribution in [0.5, 0.6) is 0 Å². The quantitative estimate of drug-likeness (QED) is 0.441. The fraction of sp³-hybridized carbons (Fsp3) is 0.308. The van der Waals surface area contributed by atoms with Crippen LogP contribution >= 0.6 is 11.6 Å². The molecule has 1 N–H and O–H groups in total. The van der Waals surface area contributed by atoms with Crippen molar-refractivity contribution >= 4 is 27.5 Å². The Hall–Kier alpha value is -2.01. The summed E-state index contributed by atoms with van der Waals surface area (Å²) in [5, 5.41) is 20.3. The van der Waals surface area contributed by atoms with E-state index in [0.29, 0.717) is 0 Å². The lowest BCUT2D eigenvalue weighted by molar-refractivity contribution is -0.389. The number of nitrogens with zero attached hydrogens (tertiary/aromatic N) is 3. The number of aliphatic hydroxyl groups excluding tert-OH is 1. The normalized spacial score (nSPS) is 13.0. The maximum atomic E-state index is 12.0. The van der Waals surface area contributed by atoms with Crippen LogP contribution in [-0.4, -0.2) is 40.7 Å². The van der Waals surface area contributed by atoms with Crippen LogP contribution in [0.3, 0.4) is 0 Å². The van der Waals surface area contributed by atoms with E-state index in [0.717, 1.165) is 16.3 Å². The van der Waals surface area contributed by atoms with Crippen molar-refractivity contribution in [3.8, 4) is 0 Å². The molecule has 0 bridgehead atoms. The third-order valence-electron chi connectivity index (χ3n) is 3.03. The molecule has 9 nitrogen and oxygen atoms in total. The summed E-state index contributed by atoms with van der Waals surface area (Å²) in [5.41, 5.74) is 0.894. The second-order valence-corrected chi connectivity index (χ2v) is 6.94. The number of halogens is 1. The van der Waals surface area contributed by atoms with E-state index >= 15 is 0 Å². The van der Waals surface area contributed by atoms with E-state index < -0.39 is 33.6 Å². The average Bonchev–Trinajstić information content (AvgIpc) is 2.87. The first-order chi connectivity index (χ1) is 11.2. The number of imidazole rings is 1. The summed E-state index contributed by atoms with van der Waals surface area (Å²) in [6.07, 6.45) is -0.212. The lowest BCUT2D eigenvalue weighted by Crippen LogP contribution is -2.24. The predicted molar refractivity (Wildman–Crippen MR) is 84.2 cm³/mol. The van der Waals surface area contributed by atoms with Crippen molar-refractivity contribution < 1.29 is 22.6 Å². The van der Waals surface area contributed by atoms with E-state index in [2.05, 4.69) is 4.98 Å². The molecular weight excluding hydrogens is 362 g/mol. The average molecular weight is 376 g/mol. The first-order valence-corrected chi connectivity index (χ1v) is 8.49. The van der Waals surface area contributed by atoms with E-state index in [1.807, 2.05) is 6.92 Å². The number of aryl methyl sites for hydroxylation is 1. The second-order valence-electron chi connectivity index (χ2n) is 4.98. The van der Waals surface area contributed by atoms with Gasteiger partial charge in [0.1, 0.15) is 6.20 Å². The van der Waals surface area contributed by atoms with Crippen LogP contribution < -0.4 is 0 Å². The van der Waals surface area contributed by atoms with E-state index in [4.69, 9.17) is 15.8 Å². The van der Waals surface area contributed by atoms with Gasteiger partial charge in [0.15, 0.2) is 0 Å². The van der Waals surface area contributed by atoms with Crippen molar-refractivity contribution in [3.05, 3.63) is 51.4 Å². The molecule has 2 aromatic rings. The van der Waals surface area contributed by atoms with Gasteiger partial charge in [-0.15, -0.1) is 0 Å². The number of aliphatic hydroxyl groups is 1. The number of hydrogen-bond acceptors (Lipinski definition) is 7. The molecule has 0 radical (unpaired) electrons. The molecule has 0 saturated carbocycles. The van der Waals surface area contributed by atoms with Gasteiger partial charge in [0, 0.05) is 0 Å². The van der Waals surface area contributed by atoms with Gasteiger partial charge in [-0.3, -0.25) is 8.75 Å². The standard InChI is InChI=1S/C13H14ClN3O6S/c1-9-2-4-11(5-3-9)24(21,22)23-8-10(18)6-16-7-12(17(19)20)15-13(16)14/h2-5,7,10,18H,6,8H2,1H3. The van der Waals surface area contributed by atoms with Gasteiger partial charge in [-0.25, -0.2) is 0 Å². The molecule has 1 heterocycles. The van der Waals surface area contributed by atoms with Crippen LogP contribution in [0.15, 0.2) is 35.4 Å². The van der Waals surface area contributed by atoms with Gasteiger partial charge in [-0.1, -0.05) is 17.7 Å². The summed E-state index contributed by atoms with van der Waals surface area (Å²) in [6, 6.07) is 6.04. The van der Waals surface area contributed by atoms with Crippen LogP contribution in [-0.2, 0) is 20.8 Å². The molecule has 130 valence electrons. The topological polar surface area (TPSA) is 125 Å². The highest BCUT2D eigenvalue weighted by molar-refractivity contribution is 7.86. The summed E-state index contributed by atoms with van der Waals surface area (Å²) in [4.78, 5) is 13.3. The Morgan fingerprint density at radius 2 is 2.04 bits per heavy atom. The van der Waals surface area contributed by atoms with Gasteiger partial charge >= 0.3 is 11.1 Å². The number of aromatic nitrogens is 2. The molecule has 0 saturated heterocycles. The lowest BCUT2D eigenvalue weighted by atomic mass is 10.2. The molecule has 2 rings (SSSR count). The van der Waals surface area contributed by atoms with Gasteiger partial charge in [0.25, 0.3) is 10.1 Å². The molecule has 1 atom stereocenters. The van der Waals surface area contributed by atoms with Crippen molar-refractivity contribution in [1.82, 2.24) is 9.55 Å². The highest BCUT2D eigenvalue weighted by Gasteiger charge is 2.21. The minimum Gasteiger partial charge on any atom is -0.389 e. The maximum Gasteiger partial charge on any atom is 0.383 e. The summed E-state index contributed by atoms with van der Waals surface area (Å²) in [6.45, 7) is 1.08. The molecule has 24 heavy (non-hydrogen) atoms. The number of hydrogen-bond donors (Lipinski definition) is 1. The van der Waals surface area contributed by atoms with Crippen molar-refractivity contribution in [2.75, 3.05) is 6.61 Å². The third-order valence-corrected chi connectivity index (χ3v) is 4.63. The maximum absolute atomic E-state index is 12.0. The van der Waals surface area contributed by atoms with Crippen LogP contribution in [0, 0.1) is 17.0 Å². The van der Waals surface area contributed by atoms with Crippen molar-refractivity contribution in [3.63, 3.8) is 0 Å². The smallest absolute Gasteiger partial charge is 0.383 e. The van der Waals surface area contributed by atoms with Gasteiger partial charge in [-0.05, 0) is 40.6 Å². The largest absolute Gasteiger partial charge is 0.389 e. The Labute approximate surface area is 142 Å². The molecule has 1 unspecified atom stereocenters. The minimum absolute atomic E-state index is 0.0309. The molecule has 11 heteroatoms. The Kier molecular flexibility index (Phi) is 5.54. The van der Waals surface area contributed by atoms with Crippen molar-refractivity contribution in [1.29, 1.82) is 0 Å². The molecular formula is C13H14ClN3O6S. The minimum atomic E-state index is -4.01. The zero-order valence-corrected chi connectivity index (χ0v) is 14.1. The van der Waals surface area contributed by atoms with E-state index in [1.54, 1.807) is 12.1 Å². The zero-order chi connectivity index (χ0) is 17.9. The molecule has 0 fully saturated rings. The van der Waals surface area contributed by atoms with Crippen molar-refractivity contribution in [2.45, 2.75) is 24.5 Å². The molecule has 1 aromatic carbocycles. The lowest BCUT2D eigenvalue weighted by Gasteiger charge is -2.11. The van der Waals surface area contributed by atoms with Gasteiger partial charge in [0.05, 0.1) is 24.2 Å². The summed E-state index contributed by atoms with van der Waals surface area (Å²) < 4.78 is 29.9. The van der Waals surface area contributed by atoms with Crippen LogP contribution in [0.1, 0.15) is 5.56 Å². The Balaban J connectivity index is 1.99. The van der Waals surface area contributed by atoms with E-state index in [9.17, 15) is 23.6 Å². The summed E-state index contributed by atoms with van der Waals surface area (Å²) in [5.74, 6) is -0.472. The third kappa shape index (κ3) is 4.51. The fourth-order valence-electron chi connectivity index (χ4n) is 1.82. The molecule has 0 spiro atoms. The Morgan fingerprint density at radius 1 is 1.42 bits per heavy atom. The van der Waals surface area contributed by atoms with Gasteiger partial charge < -0.3 is 15.2 Å². The van der Waals surface area contributed by atoms with Crippen LogP contribution in [0.4, 0.5) is 5.82 Å². The molecule has 0 aliphatic rings. The number of benzene rings is 1. The Bertz CT molecular complexity index is 834. The highest BCUT2D eigenvalue weighted by Crippen LogP contribution is 2.17. The van der Waals surface area contributed by atoms with Crippen LogP contribution in [0.25, 0.3) is 0 Å². The molecule has 0 aliphatic carbocycles. The monoisotopic (exact) mass is 375 g/mol. The van der Waals surface area contributed by atoms with E-state index in [-0.39, 0.29) is 16.7 Å². The molecule has 0 aliphatic heterocycles. The van der Waals surface area contributed by atoms with E-state index in [1.165, 1.54) is 12.1 Å². The Morgan fingerprint density at radius 3 is 2.58 bits per heavy atom.